The van der Waals surface area contributed by atoms with Gasteiger partial charge in [0.15, 0.2) is 5.11 Å². The Morgan fingerprint density at radius 1 is 1.76 bits per heavy atom. The molecule has 1 aromatic rings. The first-order chi connectivity index (χ1) is 7.56. The van der Waals surface area contributed by atoms with Crippen LogP contribution >= 0.6 is 12.2 Å². The van der Waals surface area contributed by atoms with Crippen LogP contribution in [0.25, 0.3) is 0 Å². The van der Waals surface area contributed by atoms with Crippen molar-refractivity contribution in [3.05, 3.63) is 23.0 Å². The smallest absolute Gasteiger partial charge is 0.592 e. The number of aromatic nitrogens is 1. The SMILES string of the molecule is Cc1ncc(CO)c(C=NNC(N)=S)c1[OH2+].[Fe+3]. The molecule has 0 atom stereocenters. The van der Waals surface area contributed by atoms with Crippen molar-refractivity contribution in [2.45, 2.75) is 13.5 Å². The minimum absolute atomic E-state index is 0. The van der Waals surface area contributed by atoms with Crippen molar-refractivity contribution in [3.8, 4) is 5.75 Å². The number of hydrogen-bond donors (Lipinski definition) is 3. The van der Waals surface area contributed by atoms with Crippen LogP contribution in [0.1, 0.15) is 16.8 Å². The number of nitrogens with two attached hydrogens (primary N) is 1. The summed E-state index contributed by atoms with van der Waals surface area (Å²) in [5.41, 5.74) is 9.17. The molecule has 0 saturated carbocycles. The van der Waals surface area contributed by atoms with Gasteiger partial charge in [0.2, 0.25) is 0 Å². The van der Waals surface area contributed by atoms with Crippen molar-refractivity contribution in [1.29, 1.82) is 0 Å². The fourth-order valence-electron chi connectivity index (χ4n) is 1.10. The summed E-state index contributed by atoms with van der Waals surface area (Å²) in [6, 6.07) is 0. The van der Waals surface area contributed by atoms with Gasteiger partial charge in [0.25, 0.3) is 5.75 Å². The summed E-state index contributed by atoms with van der Waals surface area (Å²) in [5, 5.41) is 20.6. The summed E-state index contributed by atoms with van der Waals surface area (Å²) >= 11 is 4.58. The van der Waals surface area contributed by atoms with Gasteiger partial charge in [0.05, 0.1) is 18.4 Å². The molecule has 1 rings (SSSR count). The second-order valence-corrected chi connectivity index (χ2v) is 3.49. The van der Waals surface area contributed by atoms with Crippen molar-refractivity contribution in [2.24, 2.45) is 10.8 Å². The van der Waals surface area contributed by atoms with E-state index in [1.54, 1.807) is 6.92 Å². The maximum Gasteiger partial charge on any atom is 3.00 e. The van der Waals surface area contributed by atoms with E-state index in [1.807, 2.05) is 0 Å². The first-order valence-corrected chi connectivity index (χ1v) is 4.86. The minimum Gasteiger partial charge on any atom is -0.592 e. The molecule has 0 fully saturated rings. The Kier molecular flexibility index (Phi) is 6.67. The first-order valence-electron chi connectivity index (χ1n) is 4.45. The monoisotopic (exact) mass is 297 g/mol. The van der Waals surface area contributed by atoms with Crippen molar-refractivity contribution < 1.29 is 27.3 Å². The molecular formula is C9H13FeN4O2S+4. The van der Waals surface area contributed by atoms with Crippen molar-refractivity contribution in [1.82, 2.24) is 10.4 Å². The number of aryl methyl sites for hydroxylation is 1. The number of nitrogens with zero attached hydrogens (tertiary/aromatic N) is 2. The van der Waals surface area contributed by atoms with Crippen LogP contribution in [-0.4, -0.2) is 26.5 Å². The van der Waals surface area contributed by atoms with Gasteiger partial charge in [-0.2, -0.15) is 5.10 Å². The number of hydrogen-bond acceptors (Lipinski definition) is 4. The number of thiocarbonyl (C=S) groups is 1. The molecule has 0 spiro atoms. The van der Waals surface area contributed by atoms with E-state index < -0.39 is 0 Å². The summed E-state index contributed by atoms with van der Waals surface area (Å²) in [4.78, 5) is 3.97. The fraction of sp³-hybridized carbons (Fsp3) is 0.222. The van der Waals surface area contributed by atoms with Gasteiger partial charge in [-0.15, -0.1) is 0 Å². The third-order valence-corrected chi connectivity index (χ3v) is 2.02. The Morgan fingerprint density at radius 2 is 2.41 bits per heavy atom. The Hall–Kier alpha value is -1.21. The topological polar surface area (TPSA) is 106 Å². The second kappa shape index (κ2) is 7.18. The summed E-state index contributed by atoms with van der Waals surface area (Å²) < 4.78 is 0. The van der Waals surface area contributed by atoms with E-state index in [2.05, 4.69) is 27.7 Å². The van der Waals surface area contributed by atoms with E-state index in [-0.39, 0.29) is 34.5 Å². The summed E-state index contributed by atoms with van der Waals surface area (Å²) in [6.45, 7) is 1.51. The second-order valence-electron chi connectivity index (χ2n) is 3.05. The molecule has 0 aliphatic rings. The standard InChI is InChI=1S/C9H12N4O2S.Fe/c1-5-8(15)7(3-12-13-9(10)16)6(4-14)2-11-5;/h2-3,14-15H,4H2,1H3,(H3,10,13,16);/q;+3/p+1. The van der Waals surface area contributed by atoms with E-state index in [0.29, 0.717) is 16.8 Å². The summed E-state index contributed by atoms with van der Waals surface area (Å²) in [5.74, 6) is 0.222. The van der Waals surface area contributed by atoms with Crippen LogP contribution in [0, 0.1) is 6.92 Å². The normalized spacial score (nSPS) is 10.0. The van der Waals surface area contributed by atoms with Crippen LogP contribution in [0.15, 0.2) is 11.3 Å². The van der Waals surface area contributed by atoms with Gasteiger partial charge in [-0.3, -0.25) is 10.4 Å². The number of aliphatic hydroxyl groups excluding tert-OH is 1. The molecule has 8 heteroatoms. The Bertz CT molecular complexity index is 439. The van der Waals surface area contributed by atoms with Gasteiger partial charge in [-0.25, -0.2) is 0 Å². The van der Waals surface area contributed by atoms with Crippen LogP contribution < -0.4 is 11.2 Å². The Morgan fingerprint density at radius 3 is 2.94 bits per heavy atom. The van der Waals surface area contributed by atoms with Gasteiger partial charge >= 0.3 is 17.1 Å². The molecule has 17 heavy (non-hydrogen) atoms. The fourth-order valence-corrected chi connectivity index (χ4v) is 1.15. The van der Waals surface area contributed by atoms with Crippen molar-refractivity contribution in [3.63, 3.8) is 0 Å². The summed E-state index contributed by atoms with van der Waals surface area (Å²) in [7, 11) is 0. The third kappa shape index (κ3) is 4.27. The average molecular weight is 297 g/mol. The molecule has 1 radical (unpaired) electrons. The molecule has 91 valence electrons. The number of nitrogens with one attached hydrogen (secondary N) is 1. The maximum absolute atomic E-state index is 9.09. The number of pyridine rings is 1. The maximum atomic E-state index is 9.09. The van der Waals surface area contributed by atoms with E-state index in [4.69, 9.17) is 15.9 Å². The molecule has 6 N–H and O–H groups in total. The van der Waals surface area contributed by atoms with Gasteiger partial charge in [0.1, 0.15) is 5.69 Å². The predicted molar refractivity (Wildman–Crippen MR) is 65.5 cm³/mol. The number of aliphatic hydroxyl groups is 1. The minimum atomic E-state index is -0.201. The molecule has 6 nitrogen and oxygen atoms in total. The van der Waals surface area contributed by atoms with E-state index in [1.165, 1.54) is 12.4 Å². The van der Waals surface area contributed by atoms with Gasteiger partial charge < -0.3 is 15.9 Å². The average Bonchev–Trinajstić information content (AvgIpc) is 2.24. The molecule has 0 amide bonds. The molecule has 0 aliphatic carbocycles. The molecule has 0 bridgehead atoms. The Labute approximate surface area is 114 Å². The van der Waals surface area contributed by atoms with E-state index in [0.717, 1.165) is 0 Å². The van der Waals surface area contributed by atoms with Crippen LogP contribution in [-0.2, 0) is 23.7 Å². The van der Waals surface area contributed by atoms with E-state index >= 15 is 0 Å². The van der Waals surface area contributed by atoms with Crippen LogP contribution in [0.2, 0.25) is 0 Å². The zero-order valence-electron chi connectivity index (χ0n) is 9.04. The van der Waals surface area contributed by atoms with Gasteiger partial charge in [-0.05, 0) is 19.1 Å². The van der Waals surface area contributed by atoms with Crippen LogP contribution in [0.3, 0.4) is 0 Å². The molecule has 1 heterocycles. The summed E-state index contributed by atoms with van der Waals surface area (Å²) in [6.07, 6.45) is 2.90. The van der Waals surface area contributed by atoms with E-state index in [9.17, 15) is 0 Å². The molecule has 0 saturated heterocycles. The molecule has 1 aromatic heterocycles. The first kappa shape index (κ1) is 15.8. The predicted octanol–water partition coefficient (Wildman–Crippen LogP) is -0.515. The van der Waals surface area contributed by atoms with Crippen molar-refractivity contribution in [2.75, 3.05) is 0 Å². The zero-order chi connectivity index (χ0) is 12.1. The molecule has 0 aromatic carbocycles. The van der Waals surface area contributed by atoms with Crippen LogP contribution in [0.4, 0.5) is 0 Å². The van der Waals surface area contributed by atoms with Gasteiger partial charge in [-0.1, -0.05) is 0 Å². The zero-order valence-corrected chi connectivity index (χ0v) is 11.0. The molecular weight excluding hydrogens is 284 g/mol. The van der Waals surface area contributed by atoms with Crippen LogP contribution in [0.5, 0.6) is 5.75 Å². The molecule has 0 unspecified atom stereocenters. The van der Waals surface area contributed by atoms with Gasteiger partial charge in [0, 0.05) is 11.8 Å². The molecule has 0 aliphatic heterocycles. The quantitative estimate of drug-likeness (QED) is 0.229. The number of hydrazone groups is 1. The Balaban J connectivity index is 0.00000256. The largest absolute Gasteiger partial charge is 3.00 e. The number of rotatable bonds is 3. The third-order valence-electron chi connectivity index (χ3n) is 1.93. The van der Waals surface area contributed by atoms with Crippen molar-refractivity contribution >= 4 is 23.5 Å².